The van der Waals surface area contributed by atoms with Gasteiger partial charge in [-0.3, -0.25) is 9.59 Å². The molecular weight excluding hydrogens is 452 g/mol. The molecule has 1 aromatic heterocycles. The number of para-hydroxylation sites is 2. The van der Waals surface area contributed by atoms with Crippen molar-refractivity contribution >= 4 is 29.1 Å². The van der Waals surface area contributed by atoms with Crippen molar-refractivity contribution in [2.45, 2.75) is 57.2 Å². The summed E-state index contributed by atoms with van der Waals surface area (Å²) in [6, 6.07) is 14.4. The van der Waals surface area contributed by atoms with Gasteiger partial charge < -0.3 is 19.4 Å². The predicted octanol–water partition coefficient (Wildman–Crippen LogP) is 5.33. The maximum atomic E-state index is 12.8. The van der Waals surface area contributed by atoms with E-state index in [0.29, 0.717) is 33.7 Å². The van der Waals surface area contributed by atoms with Gasteiger partial charge in [0.1, 0.15) is 0 Å². The molecule has 0 saturated carbocycles. The van der Waals surface area contributed by atoms with Crippen LogP contribution in [0.3, 0.4) is 0 Å². The van der Waals surface area contributed by atoms with Crippen LogP contribution in [0.15, 0.2) is 53.7 Å². The van der Waals surface area contributed by atoms with Crippen molar-refractivity contribution in [1.82, 2.24) is 14.8 Å². The molecule has 1 N–H and O–H groups in total. The lowest BCUT2D eigenvalue weighted by Crippen LogP contribution is -2.23. The van der Waals surface area contributed by atoms with Gasteiger partial charge in [-0.15, -0.1) is 10.2 Å². The number of aromatic nitrogens is 3. The van der Waals surface area contributed by atoms with Gasteiger partial charge in [-0.2, -0.15) is 0 Å². The van der Waals surface area contributed by atoms with Gasteiger partial charge in [0.2, 0.25) is 5.91 Å². The SMILES string of the molecule is COc1ccccc1OC(C)c1nnc(SC(C)C(=O)Nc2cccc(C(C)=O)c2)n1C(C)C. The highest BCUT2D eigenvalue weighted by Crippen LogP contribution is 2.33. The first-order chi connectivity index (χ1) is 16.2. The summed E-state index contributed by atoms with van der Waals surface area (Å²) in [4.78, 5) is 24.4. The number of ketones is 1. The van der Waals surface area contributed by atoms with Gasteiger partial charge in [-0.1, -0.05) is 36.0 Å². The topological polar surface area (TPSA) is 95.3 Å². The van der Waals surface area contributed by atoms with Crippen molar-refractivity contribution in [1.29, 1.82) is 0 Å². The molecule has 34 heavy (non-hydrogen) atoms. The molecule has 2 unspecified atom stereocenters. The number of ether oxygens (including phenoxy) is 2. The first-order valence-corrected chi connectivity index (χ1v) is 11.9. The molecule has 9 heteroatoms. The summed E-state index contributed by atoms with van der Waals surface area (Å²) in [5.41, 5.74) is 1.13. The van der Waals surface area contributed by atoms with Crippen molar-refractivity contribution in [3.8, 4) is 11.5 Å². The number of benzene rings is 2. The van der Waals surface area contributed by atoms with Gasteiger partial charge >= 0.3 is 0 Å². The van der Waals surface area contributed by atoms with Crippen molar-refractivity contribution < 1.29 is 19.1 Å². The highest BCUT2D eigenvalue weighted by atomic mass is 32.2. The smallest absolute Gasteiger partial charge is 0.237 e. The predicted molar refractivity (Wildman–Crippen MR) is 133 cm³/mol. The Morgan fingerprint density at radius 1 is 1.00 bits per heavy atom. The van der Waals surface area contributed by atoms with Crippen LogP contribution in [-0.2, 0) is 4.79 Å². The fourth-order valence-corrected chi connectivity index (χ4v) is 4.35. The number of methoxy groups -OCH3 is 1. The molecule has 3 aromatic rings. The number of carbonyl (C=O) groups excluding carboxylic acids is 2. The van der Waals surface area contributed by atoms with Gasteiger partial charge in [0.25, 0.3) is 0 Å². The zero-order valence-corrected chi connectivity index (χ0v) is 21.1. The third kappa shape index (κ3) is 5.96. The lowest BCUT2D eigenvalue weighted by molar-refractivity contribution is -0.115. The molecule has 2 atom stereocenters. The minimum atomic E-state index is -0.444. The van der Waals surface area contributed by atoms with Crippen LogP contribution in [0, 0.1) is 0 Å². The number of nitrogens with one attached hydrogen (secondary N) is 1. The number of carbonyl (C=O) groups is 2. The van der Waals surface area contributed by atoms with Crippen molar-refractivity contribution in [3.63, 3.8) is 0 Å². The fraction of sp³-hybridized carbons (Fsp3) is 0.360. The Labute approximate surface area is 204 Å². The highest BCUT2D eigenvalue weighted by Gasteiger charge is 2.25. The summed E-state index contributed by atoms with van der Waals surface area (Å²) in [7, 11) is 1.60. The fourth-order valence-electron chi connectivity index (χ4n) is 3.36. The summed E-state index contributed by atoms with van der Waals surface area (Å²) in [5.74, 6) is 1.67. The van der Waals surface area contributed by atoms with E-state index in [0.717, 1.165) is 0 Å². The molecule has 2 aromatic carbocycles. The first-order valence-electron chi connectivity index (χ1n) is 11.0. The van der Waals surface area contributed by atoms with Crippen LogP contribution in [-0.4, -0.2) is 38.8 Å². The molecule has 180 valence electrons. The number of rotatable bonds is 10. The maximum Gasteiger partial charge on any atom is 0.237 e. The van der Waals surface area contributed by atoms with Crippen LogP contribution in [0.25, 0.3) is 0 Å². The largest absolute Gasteiger partial charge is 0.493 e. The van der Waals surface area contributed by atoms with Crippen LogP contribution >= 0.6 is 11.8 Å². The first kappa shape index (κ1) is 25.3. The number of hydrogen-bond acceptors (Lipinski definition) is 7. The van der Waals surface area contributed by atoms with E-state index in [2.05, 4.69) is 15.5 Å². The molecule has 1 heterocycles. The summed E-state index contributed by atoms with van der Waals surface area (Å²) >= 11 is 1.32. The monoisotopic (exact) mass is 482 g/mol. The Kier molecular flexibility index (Phi) is 8.33. The average molecular weight is 483 g/mol. The normalized spacial score (nSPS) is 12.8. The second-order valence-electron chi connectivity index (χ2n) is 8.10. The van der Waals surface area contributed by atoms with E-state index in [1.54, 1.807) is 31.4 Å². The van der Waals surface area contributed by atoms with E-state index >= 15 is 0 Å². The molecule has 0 aliphatic rings. The second-order valence-corrected chi connectivity index (χ2v) is 9.41. The van der Waals surface area contributed by atoms with E-state index < -0.39 is 5.25 Å². The summed E-state index contributed by atoms with van der Waals surface area (Å²) in [6.07, 6.45) is -0.390. The molecule has 0 fully saturated rings. The van der Waals surface area contributed by atoms with E-state index in [4.69, 9.17) is 9.47 Å². The molecular formula is C25H30N4O4S. The Morgan fingerprint density at radius 3 is 2.35 bits per heavy atom. The molecule has 8 nitrogen and oxygen atoms in total. The van der Waals surface area contributed by atoms with Crippen molar-refractivity contribution in [2.24, 2.45) is 0 Å². The minimum Gasteiger partial charge on any atom is -0.493 e. The van der Waals surface area contributed by atoms with Gasteiger partial charge in [0, 0.05) is 17.3 Å². The quantitative estimate of drug-likeness (QED) is 0.308. The Hall–Kier alpha value is -3.33. The molecule has 0 spiro atoms. The Morgan fingerprint density at radius 2 is 1.71 bits per heavy atom. The van der Waals surface area contributed by atoms with Crippen molar-refractivity contribution in [3.05, 3.63) is 59.9 Å². The Balaban J connectivity index is 1.75. The average Bonchev–Trinajstić information content (AvgIpc) is 3.23. The van der Waals surface area contributed by atoms with Gasteiger partial charge in [-0.05, 0) is 58.9 Å². The number of thioether (sulfide) groups is 1. The third-order valence-corrected chi connectivity index (χ3v) is 6.19. The van der Waals surface area contributed by atoms with Gasteiger partial charge in [0.15, 0.2) is 34.4 Å². The zero-order chi connectivity index (χ0) is 24.8. The molecule has 0 aliphatic heterocycles. The molecule has 0 bridgehead atoms. The van der Waals surface area contributed by atoms with Crippen LogP contribution < -0.4 is 14.8 Å². The number of anilines is 1. The summed E-state index contributed by atoms with van der Waals surface area (Å²) in [5, 5.41) is 11.8. The number of nitrogens with zero attached hydrogens (tertiary/aromatic N) is 3. The Bertz CT molecular complexity index is 1160. The standard InChI is InChI=1S/C25H30N4O4S/c1-15(2)29-23(17(4)33-22-13-8-7-12-21(22)32-6)27-28-25(29)34-18(5)24(31)26-20-11-9-10-19(14-20)16(3)30/h7-15,17-18H,1-6H3,(H,26,31). The minimum absolute atomic E-state index is 0.0544. The molecule has 0 aliphatic carbocycles. The van der Waals surface area contributed by atoms with E-state index in [-0.39, 0.29) is 23.8 Å². The molecule has 0 radical (unpaired) electrons. The maximum absolute atomic E-state index is 12.8. The van der Waals surface area contributed by atoms with Crippen LogP contribution in [0.1, 0.15) is 62.9 Å². The molecule has 1 amide bonds. The second kappa shape index (κ2) is 11.2. The van der Waals surface area contributed by atoms with Crippen LogP contribution in [0.2, 0.25) is 0 Å². The molecule has 0 saturated heterocycles. The van der Waals surface area contributed by atoms with Crippen molar-refractivity contribution in [2.75, 3.05) is 12.4 Å². The number of hydrogen-bond donors (Lipinski definition) is 1. The highest BCUT2D eigenvalue weighted by molar-refractivity contribution is 8.00. The number of amides is 1. The van der Waals surface area contributed by atoms with E-state index in [9.17, 15) is 9.59 Å². The zero-order valence-electron chi connectivity index (χ0n) is 20.2. The number of Topliss-reactive ketones (excluding diaryl/α,β-unsaturated/α-hetero) is 1. The lowest BCUT2D eigenvalue weighted by atomic mass is 10.1. The summed E-state index contributed by atoms with van der Waals surface area (Å²) in [6.45, 7) is 9.27. The van der Waals surface area contributed by atoms with Gasteiger partial charge in [-0.25, -0.2) is 0 Å². The lowest BCUT2D eigenvalue weighted by Gasteiger charge is -2.20. The van der Waals surface area contributed by atoms with Crippen LogP contribution in [0.4, 0.5) is 5.69 Å². The molecule has 3 rings (SSSR count). The van der Waals surface area contributed by atoms with Crippen LogP contribution in [0.5, 0.6) is 11.5 Å². The van der Waals surface area contributed by atoms with Gasteiger partial charge in [0.05, 0.1) is 12.4 Å². The van der Waals surface area contributed by atoms with E-state index in [1.165, 1.54) is 18.7 Å². The van der Waals surface area contributed by atoms with E-state index in [1.807, 2.05) is 56.5 Å². The summed E-state index contributed by atoms with van der Waals surface area (Å²) < 4.78 is 13.5. The third-order valence-electron chi connectivity index (χ3n) is 5.13.